The van der Waals surface area contributed by atoms with Crippen LogP contribution in [0.2, 0.25) is 25.2 Å². The third-order valence-electron chi connectivity index (χ3n) is 17.7. The molecule has 0 unspecified atom stereocenters. The first-order chi connectivity index (χ1) is 50.9. The number of pyridine rings is 1. The lowest BCUT2D eigenvalue weighted by atomic mass is 10.0. The molecule has 30 heteroatoms. The zero-order valence-corrected chi connectivity index (χ0v) is 59.1. The maximum Gasteiger partial charge on any atom is 0.322 e. The van der Waals surface area contributed by atoms with Crippen LogP contribution in [0.15, 0.2) is 182 Å². The minimum absolute atomic E-state index is 0.0729. The number of H-pyrrole nitrogens is 4. The van der Waals surface area contributed by atoms with Crippen LogP contribution in [-0.2, 0) is 51.9 Å². The number of nitrogens with one attached hydrogen (secondary N) is 8. The van der Waals surface area contributed by atoms with E-state index in [0.717, 1.165) is 97.4 Å². The Morgan fingerprint density at radius 2 is 0.790 bits per heavy atom. The summed E-state index contributed by atoms with van der Waals surface area (Å²) in [7, 11) is 0. The maximum atomic E-state index is 14.1. The van der Waals surface area contributed by atoms with Crippen LogP contribution in [0.1, 0.15) is 45.0 Å². The van der Waals surface area contributed by atoms with Gasteiger partial charge in [-0.3, -0.25) is 20.4 Å². The lowest BCUT2D eigenvalue weighted by Gasteiger charge is -2.27. The molecule has 4 aliphatic heterocycles. The van der Waals surface area contributed by atoms with Crippen molar-refractivity contribution in [2.45, 2.75) is 51.9 Å². The van der Waals surface area contributed by atoms with E-state index in [4.69, 9.17) is 58.0 Å². The highest BCUT2D eigenvalue weighted by Crippen LogP contribution is 2.35. The quantitative estimate of drug-likeness (QED) is 0.0408. The SMILES string of the molecule is O=C(Nc1cc(Cl)ccc1F)N1CCc2[nH]nc(-c3ccccc3)c2C1.O=C(Nc1ccc(F)c(Cl)c1F)N1CCc2[nH]nc(-c3ccccc3)c2C1.O=C(Nc1cccc(Cl)c1)N1CCc2[nH]nc(-c3ccccc3F)c2C1.O=C(Nc1cnc(Cl)c(Cl)c1)N1CCc2[nH]nc(-c3ccccc3)c2C1. The summed E-state index contributed by atoms with van der Waals surface area (Å²) < 4.78 is 55.3. The Morgan fingerprint density at radius 3 is 1.26 bits per heavy atom. The lowest BCUT2D eigenvalue weighted by molar-refractivity contribution is 0.205. The second-order valence-electron chi connectivity index (χ2n) is 24.5. The summed E-state index contributed by atoms with van der Waals surface area (Å²) in [5.41, 5.74) is 15.4. The highest BCUT2D eigenvalue weighted by molar-refractivity contribution is 6.41. The molecule has 105 heavy (non-hydrogen) atoms. The van der Waals surface area contributed by atoms with Crippen molar-refractivity contribution in [2.75, 3.05) is 47.4 Å². The predicted molar refractivity (Wildman–Crippen MR) is 397 cm³/mol. The van der Waals surface area contributed by atoms with Gasteiger partial charge in [0.2, 0.25) is 0 Å². The van der Waals surface area contributed by atoms with E-state index in [1.165, 1.54) is 30.5 Å². The number of amides is 8. The topological polar surface area (TPSA) is 257 Å². The van der Waals surface area contributed by atoms with E-state index in [9.17, 15) is 36.7 Å². The standard InChI is InChI=1S/C19H15ClF2N4O.2C19H16ClFN4O.C18H15Cl2N5O/c20-16-13(21)6-7-15(17(16)22)23-19(27)26-9-8-14-12(10-26)18(25-24-14)11-4-2-1-3-5-11;20-12-4-3-5-13(10-12)22-19(26)25-9-8-17-15(11-25)18(24-23-17)14-6-1-2-7-16(14)21;20-13-6-7-15(21)17(10-13)22-19(26)25-9-8-16-14(11-25)18(24-23-16)12-4-2-1-3-5-12;19-14-8-12(9-21-17(14)20)22-18(26)25-7-6-15-13(10-25)16(24-23-15)11-4-2-1-3-5-11/h1-7H,8-10H2,(H,23,27)(H,24,25);2*1-7,10H,8-9,11H2,(H,22,26)(H,23,24);1-5,8-9H,6-7,10H2,(H,22,26)(H,23,24). The molecule has 0 spiro atoms. The van der Waals surface area contributed by atoms with Gasteiger partial charge >= 0.3 is 24.1 Å². The molecule has 8 amide bonds. The molecule has 16 rings (SSSR count). The maximum absolute atomic E-state index is 14.1. The summed E-state index contributed by atoms with van der Waals surface area (Å²) in [4.78, 5) is 60.9. The first-order valence-electron chi connectivity index (χ1n) is 32.9. The number of anilines is 4. The number of aromatic amines is 4. The van der Waals surface area contributed by atoms with Crippen LogP contribution >= 0.6 is 58.0 Å². The second kappa shape index (κ2) is 32.6. The Balaban J connectivity index is 0.000000124. The third kappa shape index (κ3) is 16.9. The Labute approximate surface area is 623 Å². The molecular formula is C75H62Cl5F4N17O4. The zero-order valence-electron chi connectivity index (χ0n) is 55.4. The fourth-order valence-corrected chi connectivity index (χ4v) is 13.1. The van der Waals surface area contributed by atoms with Gasteiger partial charge in [-0.25, -0.2) is 41.7 Å². The number of rotatable bonds is 8. The Morgan fingerprint density at radius 1 is 0.381 bits per heavy atom. The fourth-order valence-electron chi connectivity index (χ4n) is 12.3. The molecule has 4 aliphatic rings. The van der Waals surface area contributed by atoms with E-state index in [1.54, 1.807) is 68.1 Å². The van der Waals surface area contributed by atoms with Crippen LogP contribution in [0.5, 0.6) is 0 Å². The number of hydrogen-bond donors (Lipinski definition) is 8. The van der Waals surface area contributed by atoms with Gasteiger partial charge in [0.1, 0.15) is 33.3 Å². The van der Waals surface area contributed by atoms with E-state index < -0.39 is 28.5 Å². The van der Waals surface area contributed by atoms with Crippen LogP contribution in [-0.4, -0.2) is 116 Å². The van der Waals surface area contributed by atoms with Gasteiger partial charge in [0.05, 0.1) is 71.5 Å². The molecule has 0 saturated heterocycles. The van der Waals surface area contributed by atoms with Crippen molar-refractivity contribution in [3.05, 3.63) is 276 Å². The smallest absolute Gasteiger partial charge is 0.320 e. The Hall–Kier alpha value is -11.2. The number of fused-ring (bicyclic) bond motifs is 4. The van der Waals surface area contributed by atoms with Gasteiger partial charge < -0.3 is 40.9 Å². The van der Waals surface area contributed by atoms with Gasteiger partial charge in [-0.1, -0.05) is 167 Å². The summed E-state index contributed by atoms with van der Waals surface area (Å²) in [5.74, 6) is -2.72. The van der Waals surface area contributed by atoms with Crippen LogP contribution in [0.3, 0.4) is 0 Å². The van der Waals surface area contributed by atoms with Gasteiger partial charge in [0.15, 0.2) is 5.82 Å². The molecule has 9 heterocycles. The van der Waals surface area contributed by atoms with Gasteiger partial charge in [0.25, 0.3) is 0 Å². The molecular weight excluding hydrogens is 1460 g/mol. The molecule has 8 N–H and O–H groups in total. The summed E-state index contributed by atoms with van der Waals surface area (Å²) in [5, 5.41) is 41.2. The predicted octanol–water partition coefficient (Wildman–Crippen LogP) is 17.9. The monoisotopic (exact) mass is 1520 g/mol. The van der Waals surface area contributed by atoms with Crippen LogP contribution in [0.25, 0.3) is 45.0 Å². The number of nitrogens with zero attached hydrogens (tertiary/aromatic N) is 9. The van der Waals surface area contributed by atoms with Gasteiger partial charge in [-0.15, -0.1) is 0 Å². The number of halogens is 9. The van der Waals surface area contributed by atoms with E-state index in [1.807, 2.05) is 91.0 Å². The average molecular weight is 1520 g/mol. The van der Waals surface area contributed by atoms with E-state index in [0.29, 0.717) is 109 Å². The zero-order chi connectivity index (χ0) is 73.3. The second-order valence-corrected chi connectivity index (χ2v) is 26.5. The number of carbonyl (C=O) groups excluding carboxylic acids is 4. The number of aromatic nitrogens is 9. The van der Waals surface area contributed by atoms with Gasteiger partial charge in [0, 0.05) is 135 Å². The largest absolute Gasteiger partial charge is 0.322 e. The van der Waals surface area contributed by atoms with E-state index in [2.05, 4.69) is 67.0 Å². The Kier molecular flexibility index (Phi) is 22.4. The molecule has 21 nitrogen and oxygen atoms in total. The molecule has 7 aromatic carbocycles. The average Bonchev–Trinajstić information content (AvgIpc) is 1.69. The molecule has 0 radical (unpaired) electrons. The molecule has 0 saturated carbocycles. The summed E-state index contributed by atoms with van der Waals surface area (Å²) in [6.07, 6.45) is 4.12. The number of urea groups is 4. The normalized spacial score (nSPS) is 13.4. The van der Waals surface area contributed by atoms with Crippen molar-refractivity contribution in [3.8, 4) is 45.0 Å². The highest BCUT2D eigenvalue weighted by atomic mass is 35.5. The molecule has 5 aromatic heterocycles. The number of benzene rings is 7. The minimum Gasteiger partial charge on any atom is -0.320 e. The van der Waals surface area contributed by atoms with Crippen molar-refractivity contribution in [1.29, 1.82) is 0 Å². The lowest BCUT2D eigenvalue weighted by Crippen LogP contribution is -2.39. The first-order valence-corrected chi connectivity index (χ1v) is 34.8. The first kappa shape index (κ1) is 72.1. The van der Waals surface area contributed by atoms with Crippen LogP contribution < -0.4 is 21.3 Å². The minimum atomic E-state index is -0.990. The molecule has 534 valence electrons. The van der Waals surface area contributed by atoms with Crippen LogP contribution in [0, 0.1) is 23.3 Å². The number of hydrogen-bond acceptors (Lipinski definition) is 9. The molecule has 0 aliphatic carbocycles. The van der Waals surface area contributed by atoms with Crippen molar-refractivity contribution >= 4 is 105 Å². The van der Waals surface area contributed by atoms with Gasteiger partial charge in [-0.05, 0) is 66.7 Å². The number of carbonyl (C=O) groups is 4. The molecule has 0 atom stereocenters. The Bertz CT molecular complexity index is 5170. The van der Waals surface area contributed by atoms with Crippen molar-refractivity contribution < 1.29 is 36.7 Å². The van der Waals surface area contributed by atoms with Crippen molar-refractivity contribution in [3.63, 3.8) is 0 Å². The fraction of sp³-hybridized carbons (Fsp3) is 0.160. The summed E-state index contributed by atoms with van der Waals surface area (Å²) >= 11 is 29.2. The van der Waals surface area contributed by atoms with Crippen molar-refractivity contribution in [1.82, 2.24) is 65.4 Å². The molecule has 0 bridgehead atoms. The van der Waals surface area contributed by atoms with Gasteiger partial charge in [-0.2, -0.15) is 20.4 Å². The van der Waals surface area contributed by atoms with E-state index in [-0.39, 0.29) is 40.4 Å². The third-order valence-corrected chi connectivity index (χ3v) is 19.2. The molecule has 12 aromatic rings. The summed E-state index contributed by atoms with van der Waals surface area (Å²) in [6.45, 7) is 3.71. The van der Waals surface area contributed by atoms with Crippen LogP contribution in [0.4, 0.5) is 59.5 Å². The summed E-state index contributed by atoms with van der Waals surface area (Å²) in [6, 6.07) is 49.4. The van der Waals surface area contributed by atoms with E-state index >= 15 is 0 Å². The molecule has 0 fully saturated rings. The van der Waals surface area contributed by atoms with Crippen molar-refractivity contribution in [2.24, 2.45) is 0 Å². The highest BCUT2D eigenvalue weighted by Gasteiger charge is 2.31.